The number of hydrogen-bond acceptors (Lipinski definition) is 0. The number of hydrogen-bond donors (Lipinski definition) is 0. The Morgan fingerprint density at radius 3 is 1.86 bits per heavy atom. The molecule has 1 nitrogen and oxygen atoms in total. The predicted octanol–water partition coefficient (Wildman–Crippen LogP) is 10.2. The molecule has 0 aliphatic heterocycles. The standard InChI is InChI=1S/C34H30BrN/c1-33(2)16-17-34(3,4)29-20-30-27(19-28(29)33)31-25-14-7-5-12-23(25)24-13-6-8-15-26(24)32(31)36(30)22-11-9-10-21(35)18-22/h5-15,18-20H,16-17H2,1-4H3. The van der Waals surface area contributed by atoms with E-state index in [0.29, 0.717) is 0 Å². The van der Waals surface area contributed by atoms with E-state index in [1.54, 1.807) is 0 Å². The second-order valence-corrected chi connectivity index (χ2v) is 12.7. The van der Waals surface area contributed by atoms with Crippen LogP contribution in [0.5, 0.6) is 0 Å². The Kier molecular flexibility index (Phi) is 4.58. The topological polar surface area (TPSA) is 4.93 Å². The molecule has 0 saturated carbocycles. The monoisotopic (exact) mass is 531 g/mol. The van der Waals surface area contributed by atoms with E-state index >= 15 is 0 Å². The van der Waals surface area contributed by atoms with Gasteiger partial charge in [0.25, 0.3) is 0 Å². The third-order valence-electron chi connectivity index (χ3n) is 8.67. The molecule has 1 aromatic heterocycles. The summed E-state index contributed by atoms with van der Waals surface area (Å²) in [6.07, 6.45) is 2.42. The van der Waals surface area contributed by atoms with Gasteiger partial charge < -0.3 is 4.57 Å². The molecule has 7 rings (SSSR count). The van der Waals surface area contributed by atoms with Crippen molar-refractivity contribution in [1.29, 1.82) is 0 Å². The molecule has 6 aromatic rings. The fraction of sp³-hybridized carbons (Fsp3) is 0.235. The summed E-state index contributed by atoms with van der Waals surface area (Å²) in [5, 5.41) is 7.99. The summed E-state index contributed by atoms with van der Waals surface area (Å²) >= 11 is 3.75. The van der Waals surface area contributed by atoms with Crippen molar-refractivity contribution in [3.63, 3.8) is 0 Å². The van der Waals surface area contributed by atoms with Crippen molar-refractivity contribution in [3.05, 3.63) is 101 Å². The summed E-state index contributed by atoms with van der Waals surface area (Å²) in [4.78, 5) is 0. The molecule has 0 radical (unpaired) electrons. The largest absolute Gasteiger partial charge is 0.309 e. The van der Waals surface area contributed by atoms with Crippen LogP contribution in [0.1, 0.15) is 51.7 Å². The normalized spacial score (nSPS) is 16.7. The van der Waals surface area contributed by atoms with Crippen LogP contribution in [0, 0.1) is 0 Å². The molecule has 0 saturated heterocycles. The van der Waals surface area contributed by atoms with E-state index in [1.807, 2.05) is 0 Å². The van der Waals surface area contributed by atoms with Crippen LogP contribution in [-0.2, 0) is 10.8 Å². The average molecular weight is 533 g/mol. The van der Waals surface area contributed by atoms with E-state index < -0.39 is 0 Å². The van der Waals surface area contributed by atoms with Crippen LogP contribution < -0.4 is 0 Å². The first-order valence-electron chi connectivity index (χ1n) is 12.9. The van der Waals surface area contributed by atoms with Crippen molar-refractivity contribution in [3.8, 4) is 5.69 Å². The van der Waals surface area contributed by atoms with Crippen LogP contribution in [0.2, 0.25) is 0 Å². The lowest BCUT2D eigenvalue weighted by Gasteiger charge is -2.42. The third-order valence-corrected chi connectivity index (χ3v) is 9.17. The minimum atomic E-state index is 0.154. The van der Waals surface area contributed by atoms with Gasteiger partial charge in [-0.3, -0.25) is 0 Å². The zero-order valence-electron chi connectivity index (χ0n) is 21.3. The Labute approximate surface area is 220 Å². The van der Waals surface area contributed by atoms with Gasteiger partial charge in [-0.1, -0.05) is 98.2 Å². The van der Waals surface area contributed by atoms with Crippen molar-refractivity contribution in [2.24, 2.45) is 0 Å². The molecule has 2 heteroatoms. The zero-order chi connectivity index (χ0) is 24.8. The van der Waals surface area contributed by atoms with E-state index in [1.165, 1.54) is 73.0 Å². The summed E-state index contributed by atoms with van der Waals surface area (Å²) in [5.41, 5.74) is 7.12. The van der Waals surface area contributed by atoms with E-state index in [4.69, 9.17) is 0 Å². The SMILES string of the molecule is CC1(C)CCC(C)(C)c2cc3c(cc21)c1c2ccccc2c2ccccc2c1n3-c1cccc(Br)c1. The molecule has 1 heterocycles. The van der Waals surface area contributed by atoms with Crippen LogP contribution >= 0.6 is 15.9 Å². The Morgan fingerprint density at radius 1 is 0.611 bits per heavy atom. The number of nitrogens with zero attached hydrogens (tertiary/aromatic N) is 1. The lowest BCUT2D eigenvalue weighted by Crippen LogP contribution is -2.33. The van der Waals surface area contributed by atoms with Gasteiger partial charge in [0.15, 0.2) is 0 Å². The third kappa shape index (κ3) is 3.00. The quantitative estimate of drug-likeness (QED) is 0.186. The summed E-state index contributed by atoms with van der Waals surface area (Å²) in [6, 6.07) is 31.7. The first-order valence-corrected chi connectivity index (χ1v) is 13.7. The predicted molar refractivity (Wildman–Crippen MR) is 159 cm³/mol. The van der Waals surface area contributed by atoms with Gasteiger partial charge in [-0.25, -0.2) is 0 Å². The molecule has 0 unspecified atom stereocenters. The van der Waals surface area contributed by atoms with Crippen LogP contribution in [0.4, 0.5) is 0 Å². The fourth-order valence-corrected chi connectivity index (χ4v) is 7.01. The minimum absolute atomic E-state index is 0.154. The molecule has 5 aromatic carbocycles. The number of halogens is 1. The molecule has 1 aliphatic carbocycles. The zero-order valence-corrected chi connectivity index (χ0v) is 22.9. The second kappa shape index (κ2) is 7.46. The molecule has 0 amide bonds. The number of fused-ring (bicyclic) bond motifs is 9. The maximum Gasteiger partial charge on any atom is 0.0625 e. The molecule has 36 heavy (non-hydrogen) atoms. The molecule has 0 N–H and O–H groups in total. The maximum absolute atomic E-state index is 3.75. The van der Waals surface area contributed by atoms with Crippen LogP contribution in [0.3, 0.4) is 0 Å². The van der Waals surface area contributed by atoms with Gasteiger partial charge in [0.1, 0.15) is 0 Å². The molecule has 0 fully saturated rings. The van der Waals surface area contributed by atoms with Gasteiger partial charge in [0, 0.05) is 26.3 Å². The van der Waals surface area contributed by atoms with Gasteiger partial charge in [-0.2, -0.15) is 0 Å². The lowest BCUT2D eigenvalue weighted by atomic mass is 9.63. The molecular formula is C34H30BrN. The van der Waals surface area contributed by atoms with E-state index in [-0.39, 0.29) is 10.8 Å². The van der Waals surface area contributed by atoms with Crippen molar-refractivity contribution in [2.75, 3.05) is 0 Å². The van der Waals surface area contributed by atoms with Crippen LogP contribution in [0.15, 0.2) is 89.4 Å². The Bertz CT molecular complexity index is 1850. The van der Waals surface area contributed by atoms with Gasteiger partial charge in [0.05, 0.1) is 11.0 Å². The first-order chi connectivity index (χ1) is 17.3. The van der Waals surface area contributed by atoms with E-state index in [2.05, 4.69) is 133 Å². The summed E-state index contributed by atoms with van der Waals surface area (Å²) in [7, 11) is 0. The van der Waals surface area contributed by atoms with Gasteiger partial charge in [-0.05, 0) is 81.3 Å². The van der Waals surface area contributed by atoms with Crippen molar-refractivity contribution >= 4 is 59.3 Å². The highest BCUT2D eigenvalue weighted by atomic mass is 79.9. The van der Waals surface area contributed by atoms with Crippen LogP contribution in [0.25, 0.3) is 49.0 Å². The minimum Gasteiger partial charge on any atom is -0.309 e. The Balaban J connectivity index is 1.80. The number of benzene rings is 5. The molecule has 0 spiro atoms. The van der Waals surface area contributed by atoms with E-state index in [9.17, 15) is 0 Å². The molecule has 1 aliphatic rings. The number of rotatable bonds is 1. The number of aromatic nitrogens is 1. The smallest absolute Gasteiger partial charge is 0.0625 e. The van der Waals surface area contributed by atoms with Crippen molar-refractivity contribution in [2.45, 2.75) is 51.4 Å². The second-order valence-electron chi connectivity index (χ2n) is 11.8. The first kappa shape index (κ1) is 22.1. The molecular weight excluding hydrogens is 502 g/mol. The fourth-order valence-electron chi connectivity index (χ4n) is 6.62. The van der Waals surface area contributed by atoms with Gasteiger partial charge in [-0.15, -0.1) is 0 Å². The summed E-state index contributed by atoms with van der Waals surface area (Å²) in [6.45, 7) is 9.69. The highest BCUT2D eigenvalue weighted by molar-refractivity contribution is 9.10. The maximum atomic E-state index is 3.75. The Morgan fingerprint density at radius 2 is 1.19 bits per heavy atom. The highest BCUT2D eigenvalue weighted by Gasteiger charge is 2.38. The van der Waals surface area contributed by atoms with Gasteiger partial charge in [0.2, 0.25) is 0 Å². The molecule has 178 valence electrons. The average Bonchev–Trinajstić information content (AvgIpc) is 3.21. The van der Waals surface area contributed by atoms with E-state index in [0.717, 1.165) is 4.47 Å². The van der Waals surface area contributed by atoms with Gasteiger partial charge >= 0.3 is 0 Å². The van der Waals surface area contributed by atoms with Crippen LogP contribution in [-0.4, -0.2) is 4.57 Å². The lowest BCUT2D eigenvalue weighted by molar-refractivity contribution is 0.332. The molecule has 0 bridgehead atoms. The van der Waals surface area contributed by atoms with Crippen molar-refractivity contribution in [1.82, 2.24) is 4.57 Å². The summed E-state index contributed by atoms with van der Waals surface area (Å²) < 4.78 is 3.61. The Hall–Kier alpha value is -3.10. The molecule has 0 atom stereocenters. The summed E-state index contributed by atoms with van der Waals surface area (Å²) in [5.74, 6) is 0. The highest BCUT2D eigenvalue weighted by Crippen LogP contribution is 2.50. The van der Waals surface area contributed by atoms with Crippen molar-refractivity contribution < 1.29 is 0 Å².